The molecule has 2 aromatic heterocycles. The summed E-state index contributed by atoms with van der Waals surface area (Å²) in [5.74, 6) is 0. The molecular formula is C52H36N2S. The molecule has 55 heavy (non-hydrogen) atoms. The Hall–Kier alpha value is -6.94. The predicted octanol–water partition coefficient (Wildman–Crippen LogP) is 15.0. The normalized spacial score (nSPS) is 11.3. The van der Waals surface area contributed by atoms with E-state index in [2.05, 4.69) is 228 Å². The van der Waals surface area contributed by atoms with Crippen LogP contribution in [-0.4, -0.2) is 4.57 Å². The maximum atomic E-state index is 2.37. The molecule has 0 atom stereocenters. The van der Waals surface area contributed by atoms with Crippen LogP contribution in [0.25, 0.3) is 70.6 Å². The number of para-hydroxylation sites is 2. The van der Waals surface area contributed by atoms with Gasteiger partial charge in [-0.15, -0.1) is 11.3 Å². The van der Waals surface area contributed by atoms with Crippen LogP contribution in [0.15, 0.2) is 218 Å². The maximum Gasteiger partial charge on any atom is 0.0541 e. The van der Waals surface area contributed by atoms with Gasteiger partial charge >= 0.3 is 0 Å². The van der Waals surface area contributed by atoms with Crippen LogP contribution < -0.4 is 4.90 Å². The Balaban J connectivity index is 0.979. The zero-order valence-corrected chi connectivity index (χ0v) is 30.9. The fraction of sp³-hybridized carbons (Fsp3) is 0. The molecule has 0 N–H and O–H groups in total. The summed E-state index contributed by atoms with van der Waals surface area (Å²) < 4.78 is 2.37. The molecule has 2 heterocycles. The molecule has 0 spiro atoms. The van der Waals surface area contributed by atoms with Gasteiger partial charge < -0.3 is 9.47 Å². The van der Waals surface area contributed by atoms with Crippen molar-refractivity contribution in [3.05, 3.63) is 218 Å². The first-order valence-electron chi connectivity index (χ1n) is 18.7. The summed E-state index contributed by atoms with van der Waals surface area (Å²) in [6.07, 6.45) is 0. The highest BCUT2D eigenvalue weighted by molar-refractivity contribution is 7.18. The van der Waals surface area contributed by atoms with Gasteiger partial charge in [-0.05, 0) is 112 Å². The van der Waals surface area contributed by atoms with E-state index < -0.39 is 0 Å². The Morgan fingerprint density at radius 3 is 1.29 bits per heavy atom. The van der Waals surface area contributed by atoms with E-state index in [1.165, 1.54) is 70.6 Å². The summed E-state index contributed by atoms with van der Waals surface area (Å²) in [6.45, 7) is 0. The first kappa shape index (κ1) is 32.7. The highest BCUT2D eigenvalue weighted by Crippen LogP contribution is 2.41. The standard InChI is InChI=1S/C52H36N2S/c1-4-12-37(13-5-1)39-20-27-44(28-21-39)53(45-29-22-40(23-30-45)38-14-6-2-7-15-38)46-31-24-41(25-32-46)51-34-35-52(55-51)42-26-33-50-48(36-42)47-18-10-11-19-49(47)54(50)43-16-8-3-9-17-43/h1-36H. The van der Waals surface area contributed by atoms with Crippen molar-refractivity contribution in [3.63, 3.8) is 0 Å². The third-order valence-electron chi connectivity index (χ3n) is 10.5. The molecule has 0 saturated heterocycles. The molecule has 0 radical (unpaired) electrons. The second-order valence-electron chi connectivity index (χ2n) is 13.8. The molecule has 0 aliphatic carbocycles. The van der Waals surface area contributed by atoms with Crippen molar-refractivity contribution in [1.82, 2.24) is 4.57 Å². The minimum absolute atomic E-state index is 1.11. The maximum absolute atomic E-state index is 2.37. The number of hydrogen-bond acceptors (Lipinski definition) is 2. The van der Waals surface area contributed by atoms with Gasteiger partial charge in [0.25, 0.3) is 0 Å². The van der Waals surface area contributed by atoms with Crippen molar-refractivity contribution < 1.29 is 0 Å². The number of aromatic nitrogens is 1. The summed E-state index contributed by atoms with van der Waals surface area (Å²) in [7, 11) is 0. The van der Waals surface area contributed by atoms with E-state index in [4.69, 9.17) is 0 Å². The molecule has 2 nitrogen and oxygen atoms in total. The number of fused-ring (bicyclic) bond motifs is 3. The smallest absolute Gasteiger partial charge is 0.0541 e. The molecule has 8 aromatic carbocycles. The van der Waals surface area contributed by atoms with E-state index in [0.717, 1.165) is 17.1 Å². The van der Waals surface area contributed by atoms with Crippen molar-refractivity contribution in [1.29, 1.82) is 0 Å². The van der Waals surface area contributed by atoms with Crippen molar-refractivity contribution >= 4 is 50.2 Å². The molecule has 0 aliphatic heterocycles. The van der Waals surface area contributed by atoms with Gasteiger partial charge in [-0.3, -0.25) is 0 Å². The lowest BCUT2D eigenvalue weighted by Crippen LogP contribution is -2.09. The quantitative estimate of drug-likeness (QED) is 0.152. The topological polar surface area (TPSA) is 8.17 Å². The summed E-state index contributed by atoms with van der Waals surface area (Å²) in [4.78, 5) is 4.85. The van der Waals surface area contributed by atoms with E-state index >= 15 is 0 Å². The molecule has 0 amide bonds. The van der Waals surface area contributed by atoms with Crippen LogP contribution in [0.4, 0.5) is 17.1 Å². The molecule has 260 valence electrons. The molecule has 0 bridgehead atoms. The highest BCUT2D eigenvalue weighted by atomic mass is 32.1. The molecule has 0 fully saturated rings. The monoisotopic (exact) mass is 720 g/mol. The van der Waals surface area contributed by atoms with E-state index in [1.807, 2.05) is 11.3 Å². The number of benzene rings is 8. The fourth-order valence-corrected chi connectivity index (χ4v) is 8.73. The zero-order chi connectivity index (χ0) is 36.6. The number of thiophene rings is 1. The Bertz CT molecular complexity index is 2790. The van der Waals surface area contributed by atoms with Crippen LogP contribution in [-0.2, 0) is 0 Å². The van der Waals surface area contributed by atoms with Crippen LogP contribution in [0.1, 0.15) is 0 Å². The minimum atomic E-state index is 1.11. The first-order chi connectivity index (χ1) is 27.3. The van der Waals surface area contributed by atoms with Crippen molar-refractivity contribution in [3.8, 4) is 48.8 Å². The van der Waals surface area contributed by atoms with Gasteiger partial charge in [-0.2, -0.15) is 0 Å². The summed E-state index contributed by atoms with van der Waals surface area (Å²) in [5.41, 5.74) is 14.2. The molecule has 10 aromatic rings. The van der Waals surface area contributed by atoms with Gasteiger partial charge in [0.15, 0.2) is 0 Å². The summed E-state index contributed by atoms with van der Waals surface area (Å²) in [5, 5.41) is 2.54. The number of anilines is 3. The summed E-state index contributed by atoms with van der Waals surface area (Å²) >= 11 is 1.84. The van der Waals surface area contributed by atoms with Crippen LogP contribution in [0.3, 0.4) is 0 Å². The van der Waals surface area contributed by atoms with Gasteiger partial charge in [-0.25, -0.2) is 0 Å². The Morgan fingerprint density at radius 2 is 0.727 bits per heavy atom. The number of rotatable bonds is 8. The number of hydrogen-bond donors (Lipinski definition) is 0. The lowest BCUT2D eigenvalue weighted by molar-refractivity contribution is 1.18. The lowest BCUT2D eigenvalue weighted by atomic mass is 10.0. The predicted molar refractivity (Wildman–Crippen MR) is 235 cm³/mol. The van der Waals surface area contributed by atoms with Crippen LogP contribution in [0.5, 0.6) is 0 Å². The third kappa shape index (κ3) is 6.21. The van der Waals surface area contributed by atoms with Gasteiger partial charge in [0.1, 0.15) is 0 Å². The van der Waals surface area contributed by atoms with Gasteiger partial charge in [0.05, 0.1) is 11.0 Å². The Labute approximate surface area is 325 Å². The molecular weight excluding hydrogens is 685 g/mol. The molecule has 0 saturated carbocycles. The largest absolute Gasteiger partial charge is 0.311 e. The van der Waals surface area contributed by atoms with E-state index in [9.17, 15) is 0 Å². The highest BCUT2D eigenvalue weighted by Gasteiger charge is 2.16. The average Bonchev–Trinajstić information content (AvgIpc) is 3.89. The molecule has 10 rings (SSSR count). The van der Waals surface area contributed by atoms with E-state index in [1.54, 1.807) is 0 Å². The van der Waals surface area contributed by atoms with Crippen LogP contribution in [0.2, 0.25) is 0 Å². The Kier molecular flexibility index (Phi) is 8.40. The average molecular weight is 721 g/mol. The zero-order valence-electron chi connectivity index (χ0n) is 30.1. The van der Waals surface area contributed by atoms with Crippen molar-refractivity contribution in [2.45, 2.75) is 0 Å². The van der Waals surface area contributed by atoms with Crippen molar-refractivity contribution in [2.75, 3.05) is 4.90 Å². The van der Waals surface area contributed by atoms with Gasteiger partial charge in [0.2, 0.25) is 0 Å². The third-order valence-corrected chi connectivity index (χ3v) is 11.6. The first-order valence-corrected chi connectivity index (χ1v) is 19.5. The summed E-state index contributed by atoms with van der Waals surface area (Å²) in [6, 6.07) is 78.7. The lowest BCUT2D eigenvalue weighted by Gasteiger charge is -2.26. The van der Waals surface area contributed by atoms with Crippen LogP contribution >= 0.6 is 11.3 Å². The minimum Gasteiger partial charge on any atom is -0.311 e. The van der Waals surface area contributed by atoms with Crippen molar-refractivity contribution in [2.24, 2.45) is 0 Å². The second kappa shape index (κ2) is 14.1. The van der Waals surface area contributed by atoms with E-state index in [-0.39, 0.29) is 0 Å². The fourth-order valence-electron chi connectivity index (χ4n) is 7.72. The van der Waals surface area contributed by atoms with Crippen LogP contribution in [0, 0.1) is 0 Å². The SMILES string of the molecule is c1ccc(-c2ccc(N(c3ccc(-c4ccccc4)cc3)c3ccc(-c4ccc(-c5ccc6c(c5)c5ccccc5n6-c5ccccc5)s4)cc3)cc2)cc1. The number of nitrogens with zero attached hydrogens (tertiary/aromatic N) is 2. The second-order valence-corrected chi connectivity index (χ2v) is 14.9. The molecule has 3 heteroatoms. The van der Waals surface area contributed by atoms with E-state index in [0.29, 0.717) is 0 Å². The van der Waals surface area contributed by atoms with Gasteiger partial charge in [0, 0.05) is 43.3 Å². The van der Waals surface area contributed by atoms with Gasteiger partial charge in [-0.1, -0.05) is 140 Å². The molecule has 0 unspecified atom stereocenters. The molecule has 0 aliphatic rings. The Morgan fingerprint density at radius 1 is 0.309 bits per heavy atom.